The first-order chi connectivity index (χ1) is 7.86. The van der Waals surface area contributed by atoms with E-state index in [0.29, 0.717) is 0 Å². The van der Waals surface area contributed by atoms with Crippen LogP contribution in [0, 0.1) is 0 Å². The van der Waals surface area contributed by atoms with Gasteiger partial charge in [0.25, 0.3) is 0 Å². The Morgan fingerprint density at radius 1 is 1.56 bits per heavy atom. The number of anilines is 1. The Labute approximate surface area is 97.5 Å². The summed E-state index contributed by atoms with van der Waals surface area (Å²) in [6.07, 6.45) is 6.76. The molecule has 0 unspecified atom stereocenters. The van der Waals surface area contributed by atoms with E-state index in [4.69, 9.17) is 4.74 Å². The molecule has 0 saturated carbocycles. The van der Waals surface area contributed by atoms with Crippen LogP contribution >= 0.6 is 0 Å². The molecule has 0 bridgehead atoms. The molecule has 1 aromatic heterocycles. The maximum Gasteiger partial charge on any atom is 0.129 e. The van der Waals surface area contributed by atoms with E-state index < -0.39 is 0 Å². The van der Waals surface area contributed by atoms with Crippen LogP contribution in [0.3, 0.4) is 0 Å². The molecule has 0 aliphatic carbocycles. The summed E-state index contributed by atoms with van der Waals surface area (Å²) < 4.78 is 5.60. The van der Waals surface area contributed by atoms with Gasteiger partial charge in [-0.1, -0.05) is 13.0 Å². The fourth-order valence-electron chi connectivity index (χ4n) is 1.27. The Morgan fingerprint density at radius 3 is 3.19 bits per heavy atom. The highest BCUT2D eigenvalue weighted by Gasteiger charge is 1.96. The number of nitrogens with zero attached hydrogens (tertiary/aromatic N) is 1. The highest BCUT2D eigenvalue weighted by atomic mass is 16.5. The van der Waals surface area contributed by atoms with Gasteiger partial charge >= 0.3 is 0 Å². The van der Waals surface area contributed by atoms with E-state index in [1.54, 1.807) is 6.20 Å². The number of hydrogen-bond donors (Lipinski definition) is 1. The van der Waals surface area contributed by atoms with Crippen molar-refractivity contribution in [2.24, 2.45) is 0 Å². The first kappa shape index (κ1) is 12.6. The third-order valence-corrected chi connectivity index (χ3v) is 2.11. The second kappa shape index (κ2) is 7.74. The van der Waals surface area contributed by atoms with Crippen LogP contribution in [0.5, 0.6) is 5.75 Å². The second-order valence-electron chi connectivity index (χ2n) is 3.58. The lowest BCUT2D eigenvalue weighted by atomic mass is 10.3. The molecule has 1 aromatic rings. The summed E-state index contributed by atoms with van der Waals surface area (Å²) in [5.41, 5.74) is 0. The molecule has 0 aliphatic heterocycles. The van der Waals surface area contributed by atoms with Crippen molar-refractivity contribution in [2.45, 2.75) is 26.2 Å². The minimum Gasteiger partial charge on any atom is -0.493 e. The third kappa shape index (κ3) is 4.82. The maximum absolute atomic E-state index is 5.60. The summed E-state index contributed by atoms with van der Waals surface area (Å²) in [5, 5.41) is 3.23. The third-order valence-electron chi connectivity index (χ3n) is 2.11. The van der Waals surface area contributed by atoms with E-state index in [1.807, 2.05) is 18.2 Å². The van der Waals surface area contributed by atoms with Gasteiger partial charge in [-0.15, -0.1) is 6.58 Å². The van der Waals surface area contributed by atoms with Gasteiger partial charge in [0.2, 0.25) is 0 Å². The second-order valence-corrected chi connectivity index (χ2v) is 3.58. The van der Waals surface area contributed by atoms with E-state index in [0.717, 1.165) is 44.0 Å². The smallest absolute Gasteiger partial charge is 0.129 e. The lowest BCUT2D eigenvalue weighted by molar-refractivity contribution is 0.312. The number of pyridine rings is 1. The fourth-order valence-corrected chi connectivity index (χ4v) is 1.27. The van der Waals surface area contributed by atoms with Gasteiger partial charge in [-0.3, -0.25) is 0 Å². The van der Waals surface area contributed by atoms with Crippen LogP contribution in [-0.4, -0.2) is 18.1 Å². The molecule has 0 amide bonds. The van der Waals surface area contributed by atoms with Crippen molar-refractivity contribution in [1.82, 2.24) is 4.98 Å². The molecular weight excluding hydrogens is 200 g/mol. The molecule has 0 aliphatic rings. The first-order valence-corrected chi connectivity index (χ1v) is 5.80. The number of unbranched alkanes of at least 4 members (excludes halogenated alkanes) is 1. The Morgan fingerprint density at radius 2 is 2.44 bits per heavy atom. The van der Waals surface area contributed by atoms with Crippen molar-refractivity contribution in [1.29, 1.82) is 0 Å². The average molecular weight is 220 g/mol. The van der Waals surface area contributed by atoms with Crippen LogP contribution < -0.4 is 10.1 Å². The van der Waals surface area contributed by atoms with Gasteiger partial charge in [-0.05, 0) is 25.3 Å². The van der Waals surface area contributed by atoms with E-state index in [2.05, 4.69) is 23.8 Å². The number of aromatic nitrogens is 1. The minimum absolute atomic E-state index is 0.725. The zero-order valence-electron chi connectivity index (χ0n) is 9.91. The van der Waals surface area contributed by atoms with Gasteiger partial charge in [0, 0.05) is 18.8 Å². The average Bonchev–Trinajstić information content (AvgIpc) is 2.33. The number of rotatable bonds is 8. The number of hydrogen-bond acceptors (Lipinski definition) is 3. The fraction of sp³-hybridized carbons (Fsp3) is 0.462. The van der Waals surface area contributed by atoms with Crippen LogP contribution in [-0.2, 0) is 0 Å². The molecule has 1 heterocycles. The summed E-state index contributed by atoms with van der Waals surface area (Å²) in [7, 11) is 0. The van der Waals surface area contributed by atoms with Crippen molar-refractivity contribution in [3.8, 4) is 5.75 Å². The lowest BCUT2D eigenvalue weighted by Crippen LogP contribution is -2.02. The summed E-state index contributed by atoms with van der Waals surface area (Å²) in [5.74, 6) is 1.75. The number of nitrogens with one attached hydrogen (secondary N) is 1. The zero-order valence-corrected chi connectivity index (χ0v) is 9.91. The van der Waals surface area contributed by atoms with Crippen LogP contribution in [0.4, 0.5) is 5.82 Å². The van der Waals surface area contributed by atoms with Gasteiger partial charge in [0.05, 0.1) is 6.61 Å². The summed E-state index contributed by atoms with van der Waals surface area (Å²) >= 11 is 0. The molecule has 0 fully saturated rings. The van der Waals surface area contributed by atoms with Crippen LogP contribution in [0.1, 0.15) is 26.2 Å². The lowest BCUT2D eigenvalue weighted by Gasteiger charge is -2.07. The quantitative estimate of drug-likeness (QED) is 0.539. The molecule has 0 radical (unpaired) electrons. The molecule has 0 saturated heterocycles. The molecular formula is C13H20N2O. The maximum atomic E-state index is 5.60. The van der Waals surface area contributed by atoms with E-state index in [-0.39, 0.29) is 0 Å². The molecule has 3 heteroatoms. The summed E-state index contributed by atoms with van der Waals surface area (Å²) in [4.78, 5) is 4.21. The summed E-state index contributed by atoms with van der Waals surface area (Å²) in [6, 6.07) is 3.81. The first-order valence-electron chi connectivity index (χ1n) is 5.80. The molecule has 1 rings (SSSR count). The molecule has 0 spiro atoms. The number of ether oxygens (including phenoxy) is 1. The molecule has 88 valence electrons. The SMILES string of the molecule is C=CCCCOc1ccnc(NCCC)c1. The van der Waals surface area contributed by atoms with E-state index >= 15 is 0 Å². The Bertz CT molecular complexity index is 313. The molecule has 3 nitrogen and oxygen atoms in total. The highest BCUT2D eigenvalue weighted by Crippen LogP contribution is 2.14. The van der Waals surface area contributed by atoms with Crippen molar-refractivity contribution >= 4 is 5.82 Å². The van der Waals surface area contributed by atoms with Gasteiger partial charge in [0.15, 0.2) is 0 Å². The van der Waals surface area contributed by atoms with Crippen LogP contribution in [0.25, 0.3) is 0 Å². The zero-order chi connectivity index (χ0) is 11.6. The van der Waals surface area contributed by atoms with Crippen LogP contribution in [0.2, 0.25) is 0 Å². The van der Waals surface area contributed by atoms with Crippen LogP contribution in [0.15, 0.2) is 31.0 Å². The van der Waals surface area contributed by atoms with Crippen molar-refractivity contribution in [3.05, 3.63) is 31.0 Å². The molecule has 1 N–H and O–H groups in total. The standard InChI is InChI=1S/C13H20N2O/c1-3-5-6-10-16-12-7-9-15-13(11-12)14-8-4-2/h3,7,9,11H,1,4-6,8,10H2,2H3,(H,14,15). The molecule has 16 heavy (non-hydrogen) atoms. The normalized spacial score (nSPS) is 9.81. The van der Waals surface area contributed by atoms with Crippen molar-refractivity contribution in [2.75, 3.05) is 18.5 Å². The number of allylic oxidation sites excluding steroid dienone is 1. The van der Waals surface area contributed by atoms with Gasteiger partial charge in [-0.25, -0.2) is 4.98 Å². The predicted molar refractivity (Wildman–Crippen MR) is 67.9 cm³/mol. The van der Waals surface area contributed by atoms with E-state index in [1.165, 1.54) is 0 Å². The predicted octanol–water partition coefficient (Wildman–Crippen LogP) is 3.25. The largest absolute Gasteiger partial charge is 0.493 e. The van der Waals surface area contributed by atoms with E-state index in [9.17, 15) is 0 Å². The van der Waals surface area contributed by atoms with Crippen molar-refractivity contribution < 1.29 is 4.74 Å². The monoisotopic (exact) mass is 220 g/mol. The van der Waals surface area contributed by atoms with Gasteiger partial charge in [-0.2, -0.15) is 0 Å². The molecule has 0 atom stereocenters. The van der Waals surface area contributed by atoms with Gasteiger partial charge in [0.1, 0.15) is 11.6 Å². The highest BCUT2D eigenvalue weighted by molar-refractivity contribution is 5.40. The van der Waals surface area contributed by atoms with Gasteiger partial charge < -0.3 is 10.1 Å². The Hall–Kier alpha value is -1.51. The molecule has 0 aromatic carbocycles. The Kier molecular flexibility index (Phi) is 6.07. The topological polar surface area (TPSA) is 34.1 Å². The summed E-state index contributed by atoms with van der Waals surface area (Å²) in [6.45, 7) is 7.47. The van der Waals surface area contributed by atoms with Crippen molar-refractivity contribution in [3.63, 3.8) is 0 Å². The minimum atomic E-state index is 0.725. The Balaban J connectivity index is 2.37.